The molecule has 0 aromatic carbocycles. The zero-order valence-corrected chi connectivity index (χ0v) is 5.89. The first-order chi connectivity index (χ1) is 3.63. The highest BCUT2D eigenvalue weighted by Gasteiger charge is 1.94. The van der Waals surface area contributed by atoms with Crippen LogP contribution in [0.25, 0.3) is 0 Å². The number of rotatable bonds is 3. The molecule has 0 spiro atoms. The van der Waals surface area contributed by atoms with Gasteiger partial charge in [-0.2, -0.15) is 5.06 Å². The molecule has 0 fully saturated rings. The predicted molar refractivity (Wildman–Crippen MR) is 33.9 cm³/mol. The van der Waals surface area contributed by atoms with Crippen molar-refractivity contribution in [3.63, 3.8) is 0 Å². The van der Waals surface area contributed by atoms with Crippen LogP contribution >= 0.6 is 0 Å². The average Bonchev–Trinajstić information content (AvgIpc) is 1.61. The van der Waals surface area contributed by atoms with Crippen LogP contribution in [0.1, 0.15) is 20.3 Å². The molecule has 50 valence electrons. The first-order valence-electron chi connectivity index (χ1n) is 3.03. The summed E-state index contributed by atoms with van der Waals surface area (Å²) in [5.74, 6) is 0.685. The molecule has 0 bridgehead atoms. The fourth-order valence-electron chi connectivity index (χ4n) is 0.445. The van der Waals surface area contributed by atoms with Gasteiger partial charge in [-0.3, -0.25) is 0 Å². The predicted octanol–water partition coefficient (Wildman–Crippen LogP) is 1.35. The third-order valence-electron chi connectivity index (χ3n) is 1.03. The summed E-state index contributed by atoms with van der Waals surface area (Å²) in [5, 5.41) is 9.86. The van der Waals surface area contributed by atoms with E-state index < -0.39 is 0 Å². The number of hydrogen-bond acceptors (Lipinski definition) is 2. The highest BCUT2D eigenvalue weighted by Crippen LogP contribution is 1.98. The standard InChI is InChI=1S/C6H15NO/c1-6(2)4-5-7(3)8/h6,8H,4-5H2,1-3H3. The van der Waals surface area contributed by atoms with Gasteiger partial charge in [0.25, 0.3) is 0 Å². The largest absolute Gasteiger partial charge is 0.314 e. The molecule has 8 heavy (non-hydrogen) atoms. The lowest BCUT2D eigenvalue weighted by molar-refractivity contribution is -0.0673. The Balaban J connectivity index is 2.93. The lowest BCUT2D eigenvalue weighted by Crippen LogP contribution is -2.15. The smallest absolute Gasteiger partial charge is 0.0237 e. The van der Waals surface area contributed by atoms with Gasteiger partial charge in [0.15, 0.2) is 0 Å². The molecule has 0 aliphatic rings. The summed E-state index contributed by atoms with van der Waals surface area (Å²) in [6.45, 7) is 5.06. The zero-order chi connectivity index (χ0) is 6.57. The fourth-order valence-corrected chi connectivity index (χ4v) is 0.445. The van der Waals surface area contributed by atoms with Crippen molar-refractivity contribution in [1.82, 2.24) is 5.06 Å². The summed E-state index contributed by atoms with van der Waals surface area (Å²) >= 11 is 0. The summed E-state index contributed by atoms with van der Waals surface area (Å²) in [7, 11) is 1.67. The molecular formula is C6H15NO. The Morgan fingerprint density at radius 2 is 2.00 bits per heavy atom. The van der Waals surface area contributed by atoms with Gasteiger partial charge in [-0.1, -0.05) is 13.8 Å². The maximum Gasteiger partial charge on any atom is 0.0237 e. The second-order valence-electron chi connectivity index (χ2n) is 2.56. The van der Waals surface area contributed by atoms with E-state index in [4.69, 9.17) is 5.21 Å². The van der Waals surface area contributed by atoms with Crippen molar-refractivity contribution < 1.29 is 5.21 Å². The van der Waals surface area contributed by atoms with Crippen LogP contribution in [-0.2, 0) is 0 Å². The lowest BCUT2D eigenvalue weighted by atomic mass is 10.1. The highest BCUT2D eigenvalue weighted by molar-refractivity contribution is 4.44. The Morgan fingerprint density at radius 1 is 1.50 bits per heavy atom. The Hall–Kier alpha value is -0.0800. The van der Waals surface area contributed by atoms with Gasteiger partial charge in [0.05, 0.1) is 0 Å². The minimum atomic E-state index is 0.685. The van der Waals surface area contributed by atoms with Crippen LogP contribution in [0.3, 0.4) is 0 Å². The SMILES string of the molecule is CC(C)CCN(C)O. The Labute approximate surface area is 51.1 Å². The third kappa shape index (κ3) is 5.92. The van der Waals surface area contributed by atoms with E-state index in [9.17, 15) is 0 Å². The van der Waals surface area contributed by atoms with Crippen molar-refractivity contribution in [2.45, 2.75) is 20.3 Å². The van der Waals surface area contributed by atoms with Crippen molar-refractivity contribution in [2.24, 2.45) is 5.92 Å². The molecule has 0 amide bonds. The molecule has 0 atom stereocenters. The van der Waals surface area contributed by atoms with Gasteiger partial charge in [-0.15, -0.1) is 0 Å². The number of hydroxylamine groups is 2. The van der Waals surface area contributed by atoms with E-state index in [1.54, 1.807) is 7.05 Å². The van der Waals surface area contributed by atoms with Gasteiger partial charge in [0.1, 0.15) is 0 Å². The number of nitrogens with zero attached hydrogens (tertiary/aromatic N) is 1. The molecule has 2 heteroatoms. The molecule has 0 aliphatic heterocycles. The molecule has 0 saturated carbocycles. The van der Waals surface area contributed by atoms with E-state index in [0.717, 1.165) is 13.0 Å². The molecule has 0 rings (SSSR count). The van der Waals surface area contributed by atoms with Crippen molar-refractivity contribution in [3.8, 4) is 0 Å². The molecule has 0 unspecified atom stereocenters. The first-order valence-corrected chi connectivity index (χ1v) is 3.03. The van der Waals surface area contributed by atoms with Gasteiger partial charge >= 0.3 is 0 Å². The molecule has 0 radical (unpaired) electrons. The average molecular weight is 117 g/mol. The van der Waals surface area contributed by atoms with Crippen LogP contribution in [-0.4, -0.2) is 23.9 Å². The monoisotopic (exact) mass is 117 g/mol. The Bertz CT molecular complexity index is 44.5. The maximum absolute atomic E-state index is 8.63. The molecule has 0 aromatic heterocycles. The van der Waals surface area contributed by atoms with Crippen LogP contribution in [0.5, 0.6) is 0 Å². The van der Waals surface area contributed by atoms with Gasteiger partial charge in [-0.25, -0.2) is 0 Å². The van der Waals surface area contributed by atoms with Gasteiger partial charge in [0, 0.05) is 13.6 Å². The zero-order valence-electron chi connectivity index (χ0n) is 5.89. The van der Waals surface area contributed by atoms with E-state index >= 15 is 0 Å². The van der Waals surface area contributed by atoms with Crippen molar-refractivity contribution in [3.05, 3.63) is 0 Å². The van der Waals surface area contributed by atoms with E-state index in [1.807, 2.05) is 0 Å². The van der Waals surface area contributed by atoms with Crippen LogP contribution in [0.4, 0.5) is 0 Å². The highest BCUT2D eigenvalue weighted by atomic mass is 16.5. The second-order valence-corrected chi connectivity index (χ2v) is 2.56. The Kier molecular flexibility index (Phi) is 3.83. The quantitative estimate of drug-likeness (QED) is 0.564. The fraction of sp³-hybridized carbons (Fsp3) is 1.00. The number of hydrogen-bond donors (Lipinski definition) is 1. The van der Waals surface area contributed by atoms with Crippen LogP contribution < -0.4 is 0 Å². The lowest BCUT2D eigenvalue weighted by Gasteiger charge is -2.08. The second kappa shape index (κ2) is 3.87. The first kappa shape index (κ1) is 7.92. The molecule has 0 aromatic rings. The molecule has 0 saturated heterocycles. The van der Waals surface area contributed by atoms with Gasteiger partial charge in [0.2, 0.25) is 0 Å². The van der Waals surface area contributed by atoms with Crippen LogP contribution in [0.2, 0.25) is 0 Å². The Morgan fingerprint density at radius 3 is 2.12 bits per heavy atom. The summed E-state index contributed by atoms with van der Waals surface area (Å²) in [5.41, 5.74) is 0. The summed E-state index contributed by atoms with van der Waals surface area (Å²) in [6, 6.07) is 0. The molecular weight excluding hydrogens is 102 g/mol. The molecule has 0 heterocycles. The minimum absolute atomic E-state index is 0.685. The third-order valence-corrected chi connectivity index (χ3v) is 1.03. The van der Waals surface area contributed by atoms with Crippen molar-refractivity contribution in [1.29, 1.82) is 0 Å². The van der Waals surface area contributed by atoms with E-state index in [0.29, 0.717) is 5.92 Å². The summed E-state index contributed by atoms with van der Waals surface area (Å²) in [4.78, 5) is 0. The van der Waals surface area contributed by atoms with Crippen molar-refractivity contribution >= 4 is 0 Å². The normalized spacial score (nSPS) is 11.2. The van der Waals surface area contributed by atoms with Crippen LogP contribution in [0.15, 0.2) is 0 Å². The molecule has 1 N–H and O–H groups in total. The van der Waals surface area contributed by atoms with Crippen molar-refractivity contribution in [2.75, 3.05) is 13.6 Å². The minimum Gasteiger partial charge on any atom is -0.314 e. The topological polar surface area (TPSA) is 23.5 Å². The molecule has 2 nitrogen and oxygen atoms in total. The van der Waals surface area contributed by atoms with Crippen LogP contribution in [0, 0.1) is 5.92 Å². The summed E-state index contributed by atoms with van der Waals surface area (Å²) < 4.78 is 0. The van der Waals surface area contributed by atoms with E-state index in [2.05, 4.69) is 13.8 Å². The van der Waals surface area contributed by atoms with E-state index in [-0.39, 0.29) is 0 Å². The molecule has 0 aliphatic carbocycles. The summed E-state index contributed by atoms with van der Waals surface area (Å²) in [6.07, 6.45) is 1.06. The van der Waals surface area contributed by atoms with Gasteiger partial charge in [-0.05, 0) is 12.3 Å². The van der Waals surface area contributed by atoms with Gasteiger partial charge < -0.3 is 5.21 Å². The van der Waals surface area contributed by atoms with E-state index in [1.165, 1.54) is 5.06 Å². The maximum atomic E-state index is 8.63.